The van der Waals surface area contributed by atoms with E-state index in [1.807, 2.05) is 17.8 Å². The minimum absolute atomic E-state index is 0.113. The lowest BCUT2D eigenvalue weighted by Crippen LogP contribution is -2.30. The normalized spacial score (nSPS) is 12.9. The molecule has 4 nitrogen and oxygen atoms in total. The molecule has 86 valence electrons. The van der Waals surface area contributed by atoms with E-state index < -0.39 is 0 Å². The van der Waals surface area contributed by atoms with Crippen LogP contribution in [0.5, 0.6) is 0 Å². The third kappa shape index (κ3) is 2.49. The number of hydrogen-bond acceptors (Lipinski definition) is 4. The van der Waals surface area contributed by atoms with Crippen LogP contribution in [0.1, 0.15) is 23.2 Å². The summed E-state index contributed by atoms with van der Waals surface area (Å²) in [7, 11) is 1.98. The summed E-state index contributed by atoms with van der Waals surface area (Å²) in [6, 6.07) is 4.34. The first-order chi connectivity index (χ1) is 7.81. The molecule has 0 aliphatic carbocycles. The summed E-state index contributed by atoms with van der Waals surface area (Å²) in [5.41, 5.74) is 2.83. The SMILES string of the molecule is Cn1ccnc1C(CCc1cccs1)NN. The zero-order chi connectivity index (χ0) is 11.4. The molecule has 2 aromatic heterocycles. The van der Waals surface area contributed by atoms with Crippen LogP contribution in [-0.2, 0) is 13.5 Å². The molecule has 16 heavy (non-hydrogen) atoms. The monoisotopic (exact) mass is 236 g/mol. The van der Waals surface area contributed by atoms with Gasteiger partial charge in [-0.1, -0.05) is 6.07 Å². The Morgan fingerprint density at radius 2 is 2.50 bits per heavy atom. The van der Waals surface area contributed by atoms with Gasteiger partial charge in [0.1, 0.15) is 5.82 Å². The van der Waals surface area contributed by atoms with Crippen LogP contribution in [0.4, 0.5) is 0 Å². The van der Waals surface area contributed by atoms with Gasteiger partial charge in [-0.15, -0.1) is 11.3 Å². The van der Waals surface area contributed by atoms with Crippen molar-refractivity contribution in [2.45, 2.75) is 18.9 Å². The van der Waals surface area contributed by atoms with Crippen molar-refractivity contribution in [3.05, 3.63) is 40.6 Å². The second-order valence-electron chi connectivity index (χ2n) is 3.73. The maximum absolute atomic E-state index is 5.57. The highest BCUT2D eigenvalue weighted by Gasteiger charge is 2.14. The molecular formula is C11H16N4S. The lowest BCUT2D eigenvalue weighted by molar-refractivity contribution is 0.479. The molecule has 3 N–H and O–H groups in total. The third-order valence-corrected chi connectivity index (χ3v) is 3.57. The van der Waals surface area contributed by atoms with Crippen molar-refractivity contribution in [1.29, 1.82) is 0 Å². The first kappa shape index (κ1) is 11.3. The van der Waals surface area contributed by atoms with Gasteiger partial charge in [0.2, 0.25) is 0 Å². The van der Waals surface area contributed by atoms with Gasteiger partial charge in [-0.25, -0.2) is 10.4 Å². The lowest BCUT2D eigenvalue weighted by Gasteiger charge is -2.14. The van der Waals surface area contributed by atoms with Crippen LogP contribution in [0.25, 0.3) is 0 Å². The molecule has 2 aromatic rings. The first-order valence-corrected chi connectivity index (χ1v) is 6.15. The molecule has 1 unspecified atom stereocenters. The number of hydrogen-bond donors (Lipinski definition) is 2. The molecule has 0 saturated carbocycles. The summed E-state index contributed by atoms with van der Waals surface area (Å²) in [5.74, 6) is 6.56. The topological polar surface area (TPSA) is 55.9 Å². The molecule has 0 aliphatic heterocycles. The molecule has 0 fully saturated rings. The van der Waals surface area contributed by atoms with Crippen molar-refractivity contribution in [3.8, 4) is 0 Å². The van der Waals surface area contributed by atoms with Crippen LogP contribution in [0.2, 0.25) is 0 Å². The fourth-order valence-corrected chi connectivity index (χ4v) is 2.47. The molecule has 0 aliphatic rings. The summed E-state index contributed by atoms with van der Waals surface area (Å²) < 4.78 is 2.00. The molecule has 0 saturated heterocycles. The molecule has 5 heteroatoms. The van der Waals surface area contributed by atoms with E-state index >= 15 is 0 Å². The molecule has 0 radical (unpaired) electrons. The van der Waals surface area contributed by atoms with Crippen molar-refractivity contribution < 1.29 is 0 Å². The first-order valence-electron chi connectivity index (χ1n) is 5.27. The van der Waals surface area contributed by atoms with E-state index in [0.29, 0.717) is 0 Å². The highest BCUT2D eigenvalue weighted by atomic mass is 32.1. The van der Waals surface area contributed by atoms with Crippen molar-refractivity contribution in [2.24, 2.45) is 12.9 Å². The fourth-order valence-electron chi connectivity index (χ4n) is 1.74. The Bertz CT molecular complexity index is 421. The highest BCUT2D eigenvalue weighted by molar-refractivity contribution is 7.09. The number of aromatic nitrogens is 2. The van der Waals surface area contributed by atoms with Gasteiger partial charge in [0.25, 0.3) is 0 Å². The summed E-state index contributed by atoms with van der Waals surface area (Å²) >= 11 is 1.78. The molecule has 0 aromatic carbocycles. The Labute approximate surface area is 99.1 Å². The number of hydrazine groups is 1. The Balaban J connectivity index is 1.99. The van der Waals surface area contributed by atoms with E-state index in [9.17, 15) is 0 Å². The maximum Gasteiger partial charge on any atom is 0.126 e. The number of thiophene rings is 1. The predicted octanol–water partition coefficient (Wildman–Crippen LogP) is 1.62. The number of imidazole rings is 1. The van der Waals surface area contributed by atoms with Crippen molar-refractivity contribution >= 4 is 11.3 Å². The molecule has 0 spiro atoms. The Kier molecular flexibility index (Phi) is 3.71. The lowest BCUT2D eigenvalue weighted by atomic mass is 10.1. The second kappa shape index (κ2) is 5.25. The van der Waals surface area contributed by atoms with E-state index in [1.165, 1.54) is 4.88 Å². The summed E-state index contributed by atoms with van der Waals surface area (Å²) in [6.45, 7) is 0. The average molecular weight is 236 g/mol. The van der Waals surface area contributed by atoms with Crippen LogP contribution in [0.3, 0.4) is 0 Å². The van der Waals surface area contributed by atoms with E-state index in [0.717, 1.165) is 18.7 Å². The zero-order valence-electron chi connectivity index (χ0n) is 9.26. The number of rotatable bonds is 5. The van der Waals surface area contributed by atoms with Gasteiger partial charge >= 0.3 is 0 Å². The van der Waals surface area contributed by atoms with Gasteiger partial charge in [-0.3, -0.25) is 5.84 Å². The summed E-state index contributed by atoms with van der Waals surface area (Å²) in [4.78, 5) is 5.69. The Hall–Kier alpha value is -1.17. The predicted molar refractivity (Wildman–Crippen MR) is 65.9 cm³/mol. The smallest absolute Gasteiger partial charge is 0.126 e. The number of nitrogens with two attached hydrogens (primary N) is 1. The van der Waals surface area contributed by atoms with Gasteiger partial charge < -0.3 is 4.57 Å². The molecular weight excluding hydrogens is 220 g/mol. The quantitative estimate of drug-likeness (QED) is 0.612. The Morgan fingerprint density at radius 3 is 3.06 bits per heavy atom. The molecule has 0 bridgehead atoms. The fraction of sp³-hybridized carbons (Fsp3) is 0.364. The van der Waals surface area contributed by atoms with Crippen molar-refractivity contribution in [3.63, 3.8) is 0 Å². The van der Waals surface area contributed by atoms with Crippen LogP contribution in [0.15, 0.2) is 29.9 Å². The van der Waals surface area contributed by atoms with Gasteiger partial charge in [-0.2, -0.15) is 0 Å². The highest BCUT2D eigenvalue weighted by Crippen LogP contribution is 2.18. The van der Waals surface area contributed by atoms with Gasteiger partial charge in [0.05, 0.1) is 6.04 Å². The van der Waals surface area contributed by atoms with E-state index in [1.54, 1.807) is 17.5 Å². The molecule has 2 rings (SSSR count). The second-order valence-corrected chi connectivity index (χ2v) is 4.77. The average Bonchev–Trinajstić information content (AvgIpc) is 2.92. The van der Waals surface area contributed by atoms with Crippen LogP contribution in [-0.4, -0.2) is 9.55 Å². The zero-order valence-corrected chi connectivity index (χ0v) is 10.1. The molecule has 0 amide bonds. The minimum atomic E-state index is 0.113. The number of aryl methyl sites for hydroxylation is 2. The largest absolute Gasteiger partial charge is 0.337 e. The van der Waals surface area contributed by atoms with Crippen LogP contribution in [0, 0.1) is 0 Å². The van der Waals surface area contributed by atoms with Crippen LogP contribution >= 0.6 is 11.3 Å². The molecule has 2 heterocycles. The van der Waals surface area contributed by atoms with Gasteiger partial charge in [0, 0.05) is 24.3 Å². The Morgan fingerprint density at radius 1 is 1.62 bits per heavy atom. The summed E-state index contributed by atoms with van der Waals surface area (Å²) in [5, 5.41) is 2.10. The van der Waals surface area contributed by atoms with E-state index in [4.69, 9.17) is 5.84 Å². The van der Waals surface area contributed by atoms with Crippen LogP contribution < -0.4 is 11.3 Å². The number of nitrogens with zero attached hydrogens (tertiary/aromatic N) is 2. The van der Waals surface area contributed by atoms with Gasteiger partial charge in [-0.05, 0) is 24.3 Å². The minimum Gasteiger partial charge on any atom is -0.337 e. The maximum atomic E-state index is 5.57. The third-order valence-electron chi connectivity index (χ3n) is 2.63. The van der Waals surface area contributed by atoms with E-state index in [-0.39, 0.29) is 6.04 Å². The standard InChI is InChI=1S/C11H16N4S/c1-15-7-6-13-11(15)10(14-12)5-4-9-3-2-8-16-9/h2-3,6-8,10,14H,4-5,12H2,1H3. The van der Waals surface area contributed by atoms with Crippen molar-refractivity contribution in [2.75, 3.05) is 0 Å². The van der Waals surface area contributed by atoms with E-state index in [2.05, 4.69) is 27.9 Å². The summed E-state index contributed by atoms with van der Waals surface area (Å²) in [6.07, 6.45) is 5.72. The van der Waals surface area contributed by atoms with Gasteiger partial charge in [0.15, 0.2) is 0 Å². The molecule has 1 atom stereocenters. The number of nitrogens with one attached hydrogen (secondary N) is 1. The van der Waals surface area contributed by atoms with Crippen molar-refractivity contribution in [1.82, 2.24) is 15.0 Å².